The van der Waals surface area contributed by atoms with Crippen molar-refractivity contribution < 1.29 is 28.7 Å². The molecule has 4 amide bonds. The van der Waals surface area contributed by atoms with Crippen molar-refractivity contribution in [3.8, 4) is 33.6 Å². The minimum atomic E-state index is -0.709. The van der Waals surface area contributed by atoms with Gasteiger partial charge in [0.25, 0.3) is 0 Å². The van der Waals surface area contributed by atoms with Crippen LogP contribution in [-0.4, -0.2) is 92.6 Å². The molecular formula is C46H56N8O6. The average Bonchev–Trinajstić information content (AvgIpc) is 4.09. The molecule has 14 heteroatoms. The van der Waals surface area contributed by atoms with Crippen molar-refractivity contribution in [3.63, 3.8) is 0 Å². The molecule has 5 aromatic rings. The summed E-state index contributed by atoms with van der Waals surface area (Å²) < 4.78 is 9.58. The Hall–Kier alpha value is -6.18. The monoisotopic (exact) mass is 816 g/mol. The second-order valence-corrected chi connectivity index (χ2v) is 16.7. The van der Waals surface area contributed by atoms with Gasteiger partial charge in [-0.3, -0.25) is 9.59 Å². The van der Waals surface area contributed by atoms with Gasteiger partial charge in [-0.05, 0) is 83.0 Å². The van der Waals surface area contributed by atoms with Crippen molar-refractivity contribution in [2.75, 3.05) is 20.8 Å². The van der Waals surface area contributed by atoms with Gasteiger partial charge in [-0.15, -0.1) is 0 Å². The standard InChI is InChI=1S/C46H56N8O6/c1-8-19-53(43(55)39(26(2)3)51-45(57)59-6)25-38-47-23-36(49-38)29-11-9-28(10-12-29)30-13-14-32-21-33(16-15-31(32)20-30)37-24-48-42(50-37)41-34-17-18-35(22-34)54(41)44(56)40(27(4)5)52-46(58)60-7/h9-16,20-21,23-24,26-27,34-35,39-41H,8,17-19,22,25H2,1-7H3,(H,47,49)(H,48,50)(H,51,57)(H,52,58)/t34-,35+,39-,40-,41-/m0/s1. The Morgan fingerprint density at radius 3 is 2.00 bits per heavy atom. The van der Waals surface area contributed by atoms with Gasteiger partial charge in [0.1, 0.15) is 23.7 Å². The van der Waals surface area contributed by atoms with Gasteiger partial charge in [0, 0.05) is 18.2 Å². The van der Waals surface area contributed by atoms with E-state index in [-0.39, 0.29) is 42.3 Å². The van der Waals surface area contributed by atoms with Crippen LogP contribution in [0.25, 0.3) is 44.4 Å². The van der Waals surface area contributed by atoms with Gasteiger partial charge in [0.2, 0.25) is 11.8 Å². The molecule has 2 bridgehead atoms. The Kier molecular flexibility index (Phi) is 12.6. The van der Waals surface area contributed by atoms with Crippen molar-refractivity contribution >= 4 is 34.8 Å². The number of hydrogen-bond donors (Lipinski definition) is 4. The molecule has 4 N–H and O–H groups in total. The molecule has 60 heavy (non-hydrogen) atoms. The quantitative estimate of drug-likeness (QED) is 0.0877. The number of fused-ring (bicyclic) bond motifs is 3. The van der Waals surface area contributed by atoms with Crippen LogP contribution < -0.4 is 10.6 Å². The van der Waals surface area contributed by atoms with E-state index in [1.165, 1.54) is 14.2 Å². The molecule has 1 saturated heterocycles. The number of carbonyl (C=O) groups is 4. The lowest BCUT2D eigenvalue weighted by atomic mass is 9.95. The van der Waals surface area contributed by atoms with Gasteiger partial charge in [-0.1, -0.05) is 83.1 Å². The number of H-pyrrole nitrogens is 2. The lowest BCUT2D eigenvalue weighted by Gasteiger charge is -2.37. The molecule has 14 nitrogen and oxygen atoms in total. The molecule has 0 unspecified atom stereocenters. The van der Waals surface area contributed by atoms with Gasteiger partial charge < -0.3 is 39.9 Å². The van der Waals surface area contributed by atoms with Crippen LogP contribution in [0, 0.1) is 17.8 Å². The number of alkyl carbamates (subject to hydrolysis) is 2. The minimum absolute atomic E-state index is 0.0931. The number of piperidine rings is 1. The molecule has 3 aromatic carbocycles. The molecule has 2 aromatic heterocycles. The predicted molar refractivity (Wildman–Crippen MR) is 229 cm³/mol. The highest BCUT2D eigenvalue weighted by atomic mass is 16.5. The Morgan fingerprint density at radius 1 is 0.767 bits per heavy atom. The van der Waals surface area contributed by atoms with Crippen LogP contribution in [0.4, 0.5) is 9.59 Å². The maximum Gasteiger partial charge on any atom is 0.407 e. The number of methoxy groups -OCH3 is 2. The molecule has 1 aliphatic carbocycles. The number of aromatic amines is 2. The number of nitrogens with zero attached hydrogens (tertiary/aromatic N) is 4. The van der Waals surface area contributed by atoms with Gasteiger partial charge in [0.05, 0.1) is 50.6 Å². The lowest BCUT2D eigenvalue weighted by molar-refractivity contribution is -0.139. The number of imidazole rings is 2. The van der Waals surface area contributed by atoms with E-state index in [0.29, 0.717) is 18.3 Å². The summed E-state index contributed by atoms with van der Waals surface area (Å²) in [6.45, 7) is 10.5. The molecule has 5 atom stereocenters. The zero-order valence-electron chi connectivity index (χ0n) is 35.5. The zero-order valence-corrected chi connectivity index (χ0v) is 35.5. The Bertz CT molecular complexity index is 2330. The molecule has 1 aliphatic heterocycles. The number of rotatable bonds is 14. The van der Waals surface area contributed by atoms with E-state index in [1.807, 2.05) is 45.7 Å². The Labute approximate surface area is 350 Å². The summed E-state index contributed by atoms with van der Waals surface area (Å²) in [5.41, 5.74) is 5.87. The third kappa shape index (κ3) is 8.73. The van der Waals surface area contributed by atoms with E-state index >= 15 is 0 Å². The first-order valence-corrected chi connectivity index (χ1v) is 20.9. The minimum Gasteiger partial charge on any atom is -0.453 e. The molecule has 2 fully saturated rings. The Morgan fingerprint density at radius 2 is 1.35 bits per heavy atom. The van der Waals surface area contributed by atoms with E-state index in [4.69, 9.17) is 14.5 Å². The smallest absolute Gasteiger partial charge is 0.407 e. The highest BCUT2D eigenvalue weighted by molar-refractivity contribution is 5.91. The first-order valence-electron chi connectivity index (χ1n) is 20.9. The normalized spacial score (nSPS) is 18.1. The van der Waals surface area contributed by atoms with Gasteiger partial charge >= 0.3 is 12.2 Å². The van der Waals surface area contributed by atoms with Crippen molar-refractivity contribution in [1.29, 1.82) is 0 Å². The SMILES string of the molecule is CCCN(Cc1ncc(-c2ccc(-c3ccc4cc(-c5cnc([C@@H]6[C@H]7CC[C@H](C7)N6C(=O)[C@@H](NC(=O)OC)C(C)C)[nH]5)ccc4c3)cc2)[nH]1)C(=O)[C@@H](NC(=O)OC)C(C)C. The summed E-state index contributed by atoms with van der Waals surface area (Å²) in [6, 6.07) is 19.7. The fraction of sp³-hybridized carbons (Fsp3) is 0.435. The summed E-state index contributed by atoms with van der Waals surface area (Å²) in [4.78, 5) is 71.6. The molecule has 0 spiro atoms. The number of carbonyl (C=O) groups excluding carboxylic acids is 4. The van der Waals surface area contributed by atoms with Crippen molar-refractivity contribution in [2.45, 2.75) is 91.0 Å². The van der Waals surface area contributed by atoms with Gasteiger partial charge in [0.15, 0.2) is 0 Å². The summed E-state index contributed by atoms with van der Waals surface area (Å²) in [5, 5.41) is 7.64. The molecule has 3 heterocycles. The van der Waals surface area contributed by atoms with Crippen molar-refractivity contribution in [2.24, 2.45) is 17.8 Å². The Balaban J connectivity index is 1.03. The van der Waals surface area contributed by atoms with Gasteiger partial charge in [-0.2, -0.15) is 0 Å². The number of likely N-dealkylation sites (tertiary alicyclic amines) is 1. The van der Waals surface area contributed by atoms with E-state index in [9.17, 15) is 19.2 Å². The van der Waals surface area contributed by atoms with Crippen LogP contribution in [-0.2, 0) is 25.6 Å². The van der Waals surface area contributed by atoms with Crippen LogP contribution >= 0.6 is 0 Å². The number of hydrogen-bond acceptors (Lipinski definition) is 8. The molecule has 7 rings (SSSR count). The fourth-order valence-corrected chi connectivity index (χ4v) is 8.79. The summed E-state index contributed by atoms with van der Waals surface area (Å²) in [7, 11) is 2.59. The summed E-state index contributed by atoms with van der Waals surface area (Å²) in [6.07, 6.45) is 6.07. The first-order chi connectivity index (χ1) is 28.9. The van der Waals surface area contributed by atoms with Crippen LogP contribution in [0.15, 0.2) is 73.1 Å². The van der Waals surface area contributed by atoms with E-state index < -0.39 is 24.3 Å². The van der Waals surface area contributed by atoms with E-state index in [1.54, 1.807) is 11.1 Å². The number of amides is 4. The molecule has 316 valence electrons. The third-order valence-corrected chi connectivity index (χ3v) is 12.0. The first kappa shape index (κ1) is 42.0. The zero-order chi connectivity index (χ0) is 42.7. The molecule has 0 radical (unpaired) electrons. The van der Waals surface area contributed by atoms with E-state index in [0.717, 1.165) is 75.9 Å². The van der Waals surface area contributed by atoms with Crippen LogP contribution in [0.1, 0.15) is 78.0 Å². The van der Waals surface area contributed by atoms with Crippen LogP contribution in [0.3, 0.4) is 0 Å². The number of benzene rings is 3. The molecule has 1 saturated carbocycles. The number of nitrogens with one attached hydrogen (secondary N) is 4. The highest BCUT2D eigenvalue weighted by Gasteiger charge is 2.51. The predicted octanol–water partition coefficient (Wildman–Crippen LogP) is 7.84. The molecular weight excluding hydrogens is 761 g/mol. The maximum absolute atomic E-state index is 14.0. The largest absolute Gasteiger partial charge is 0.453 e. The second kappa shape index (κ2) is 18.0. The van der Waals surface area contributed by atoms with Crippen molar-refractivity contribution in [1.82, 2.24) is 40.4 Å². The number of aromatic nitrogens is 4. The lowest BCUT2D eigenvalue weighted by Crippen LogP contribution is -2.54. The van der Waals surface area contributed by atoms with Crippen LogP contribution in [0.2, 0.25) is 0 Å². The highest BCUT2D eigenvalue weighted by Crippen LogP contribution is 2.50. The van der Waals surface area contributed by atoms with Crippen LogP contribution in [0.5, 0.6) is 0 Å². The second-order valence-electron chi connectivity index (χ2n) is 16.7. The number of ether oxygens (including phenoxy) is 2. The van der Waals surface area contributed by atoms with Gasteiger partial charge in [-0.25, -0.2) is 19.6 Å². The van der Waals surface area contributed by atoms with Crippen molar-refractivity contribution in [3.05, 3.63) is 84.7 Å². The fourth-order valence-electron chi connectivity index (χ4n) is 8.79. The average molecular weight is 817 g/mol. The molecule has 2 aliphatic rings. The van der Waals surface area contributed by atoms with E-state index in [2.05, 4.69) is 86.2 Å². The maximum atomic E-state index is 14.0. The third-order valence-electron chi connectivity index (χ3n) is 12.0. The topological polar surface area (TPSA) is 175 Å². The summed E-state index contributed by atoms with van der Waals surface area (Å²) >= 11 is 0. The summed E-state index contributed by atoms with van der Waals surface area (Å²) in [5.74, 6) is 1.25.